The SMILES string of the molecule is CC(Oc1ccc(F)cc1)C(=O)OCC12COP(=O)(OC1)OC2. The average molecular weight is 346 g/mol. The minimum absolute atomic E-state index is 0.00293. The maximum Gasteiger partial charge on any atom is 0.474 e. The molecule has 1 unspecified atom stereocenters. The molecule has 3 saturated heterocycles. The van der Waals surface area contributed by atoms with E-state index >= 15 is 0 Å². The molecule has 7 nitrogen and oxygen atoms in total. The molecule has 1 aromatic rings. The molecule has 3 aliphatic rings. The molecule has 3 aliphatic heterocycles. The Balaban J connectivity index is 1.51. The summed E-state index contributed by atoms with van der Waals surface area (Å²) in [5.41, 5.74) is -0.655. The van der Waals surface area contributed by atoms with Gasteiger partial charge in [0.25, 0.3) is 0 Å². The van der Waals surface area contributed by atoms with E-state index in [2.05, 4.69) is 0 Å². The Morgan fingerprint density at radius 3 is 2.39 bits per heavy atom. The summed E-state index contributed by atoms with van der Waals surface area (Å²) in [5, 5.41) is 0. The topological polar surface area (TPSA) is 80.3 Å². The van der Waals surface area contributed by atoms with Crippen LogP contribution in [-0.4, -0.2) is 38.5 Å². The van der Waals surface area contributed by atoms with Crippen molar-refractivity contribution in [2.24, 2.45) is 5.41 Å². The van der Waals surface area contributed by atoms with Gasteiger partial charge in [0.15, 0.2) is 6.10 Å². The Morgan fingerprint density at radius 2 is 1.83 bits per heavy atom. The second kappa shape index (κ2) is 6.20. The van der Waals surface area contributed by atoms with Gasteiger partial charge in [0.05, 0.1) is 25.2 Å². The Bertz CT molecular complexity index is 601. The van der Waals surface area contributed by atoms with Crippen LogP contribution in [0, 0.1) is 11.2 Å². The lowest BCUT2D eigenvalue weighted by Crippen LogP contribution is -2.48. The van der Waals surface area contributed by atoms with Crippen molar-refractivity contribution in [3.63, 3.8) is 0 Å². The zero-order valence-corrected chi connectivity index (χ0v) is 13.3. The average Bonchev–Trinajstić information content (AvgIpc) is 2.56. The monoisotopic (exact) mass is 346 g/mol. The Labute approximate surface area is 132 Å². The summed E-state index contributed by atoms with van der Waals surface area (Å²) in [6, 6.07) is 5.32. The molecule has 0 N–H and O–H groups in total. The van der Waals surface area contributed by atoms with Gasteiger partial charge in [-0.25, -0.2) is 13.8 Å². The molecule has 2 bridgehead atoms. The third-order valence-corrected chi connectivity index (χ3v) is 4.90. The van der Waals surface area contributed by atoms with E-state index in [0.717, 1.165) is 0 Å². The Hall–Kier alpha value is -1.47. The number of hydrogen-bond donors (Lipinski definition) is 0. The first kappa shape index (κ1) is 16.4. The van der Waals surface area contributed by atoms with Crippen LogP contribution < -0.4 is 4.74 Å². The highest BCUT2D eigenvalue weighted by Crippen LogP contribution is 2.59. The first-order chi connectivity index (χ1) is 10.9. The van der Waals surface area contributed by atoms with Crippen molar-refractivity contribution in [2.75, 3.05) is 26.4 Å². The van der Waals surface area contributed by atoms with Gasteiger partial charge in [0.1, 0.15) is 18.2 Å². The minimum Gasteiger partial charge on any atom is -0.479 e. The fourth-order valence-electron chi connectivity index (χ4n) is 2.12. The number of phosphoric ester groups is 1. The molecule has 0 aliphatic carbocycles. The standard InChI is InChI=1S/C14H16FO7P/c1-10(22-12-4-2-11(15)3-5-12)13(16)18-6-14-7-19-23(17,20-8-14)21-9-14/h2-5,10H,6-9H2,1H3. The molecule has 0 saturated carbocycles. The third kappa shape index (κ3) is 3.72. The molecule has 3 fully saturated rings. The van der Waals surface area contributed by atoms with E-state index in [1.54, 1.807) is 0 Å². The van der Waals surface area contributed by atoms with Gasteiger partial charge < -0.3 is 9.47 Å². The van der Waals surface area contributed by atoms with Crippen molar-refractivity contribution in [3.8, 4) is 5.75 Å². The lowest BCUT2D eigenvalue weighted by Gasteiger charge is -2.43. The van der Waals surface area contributed by atoms with E-state index in [4.69, 9.17) is 23.0 Å². The number of ether oxygens (including phenoxy) is 2. The largest absolute Gasteiger partial charge is 0.479 e. The highest BCUT2D eigenvalue weighted by atomic mass is 31.2. The van der Waals surface area contributed by atoms with E-state index in [1.807, 2.05) is 0 Å². The second-order valence-corrected chi connectivity index (χ2v) is 7.26. The lowest BCUT2D eigenvalue weighted by molar-refractivity contribution is -0.166. The zero-order chi connectivity index (χ0) is 16.5. The van der Waals surface area contributed by atoms with Crippen LogP contribution in [0.15, 0.2) is 24.3 Å². The molecule has 9 heteroatoms. The minimum atomic E-state index is -3.38. The third-order valence-electron chi connectivity index (χ3n) is 3.57. The van der Waals surface area contributed by atoms with Crippen LogP contribution in [-0.2, 0) is 27.7 Å². The molecular weight excluding hydrogens is 330 g/mol. The van der Waals surface area contributed by atoms with E-state index in [0.29, 0.717) is 5.75 Å². The van der Waals surface area contributed by atoms with Gasteiger partial charge in [-0.1, -0.05) is 0 Å². The maximum absolute atomic E-state index is 12.8. The zero-order valence-electron chi connectivity index (χ0n) is 12.4. The number of hydrogen-bond acceptors (Lipinski definition) is 7. The number of phosphoric acid groups is 1. The van der Waals surface area contributed by atoms with Crippen molar-refractivity contribution >= 4 is 13.8 Å². The van der Waals surface area contributed by atoms with E-state index in [1.165, 1.54) is 31.2 Å². The summed E-state index contributed by atoms with van der Waals surface area (Å²) in [5.74, 6) is -0.609. The normalized spacial score (nSPS) is 30.7. The molecule has 3 heterocycles. The van der Waals surface area contributed by atoms with Gasteiger partial charge in [-0.2, -0.15) is 0 Å². The summed E-state index contributed by atoms with van der Waals surface area (Å²) in [6.07, 6.45) is -0.863. The van der Waals surface area contributed by atoms with Crippen LogP contribution in [0.4, 0.5) is 4.39 Å². The highest BCUT2D eigenvalue weighted by molar-refractivity contribution is 7.48. The van der Waals surface area contributed by atoms with Crippen molar-refractivity contribution < 1.29 is 36.8 Å². The maximum atomic E-state index is 12.8. The summed E-state index contributed by atoms with van der Waals surface area (Å²) in [4.78, 5) is 12.0. The second-order valence-electron chi connectivity index (χ2n) is 5.59. The van der Waals surface area contributed by atoms with Crippen molar-refractivity contribution in [3.05, 3.63) is 30.1 Å². The lowest BCUT2D eigenvalue weighted by atomic mass is 9.92. The van der Waals surface area contributed by atoms with Gasteiger partial charge in [-0.05, 0) is 31.2 Å². The smallest absolute Gasteiger partial charge is 0.474 e. The van der Waals surface area contributed by atoms with Crippen molar-refractivity contribution in [1.82, 2.24) is 0 Å². The number of fused-ring (bicyclic) bond motifs is 3. The molecule has 126 valence electrons. The number of carbonyl (C=O) groups is 1. The van der Waals surface area contributed by atoms with Gasteiger partial charge in [-0.15, -0.1) is 0 Å². The van der Waals surface area contributed by atoms with Crippen LogP contribution in [0.2, 0.25) is 0 Å². The van der Waals surface area contributed by atoms with Gasteiger partial charge in [-0.3, -0.25) is 13.6 Å². The fourth-order valence-corrected chi connectivity index (χ4v) is 3.64. The Morgan fingerprint density at radius 1 is 1.26 bits per heavy atom. The predicted molar refractivity (Wildman–Crippen MR) is 75.3 cm³/mol. The fraction of sp³-hybridized carbons (Fsp3) is 0.500. The summed E-state index contributed by atoms with van der Waals surface area (Å²) in [6.45, 7) is 1.96. The predicted octanol–water partition coefficient (Wildman–Crippen LogP) is 2.31. The van der Waals surface area contributed by atoms with Crippen LogP contribution in [0.5, 0.6) is 5.75 Å². The van der Waals surface area contributed by atoms with E-state index < -0.39 is 31.1 Å². The molecular formula is C14H16FO7P. The molecule has 0 amide bonds. The summed E-state index contributed by atoms with van der Waals surface area (Å²) < 4.78 is 50.1. The van der Waals surface area contributed by atoms with Crippen molar-refractivity contribution in [1.29, 1.82) is 0 Å². The summed E-state index contributed by atoms with van der Waals surface area (Å²) >= 11 is 0. The number of esters is 1. The number of halogens is 1. The quantitative estimate of drug-likeness (QED) is 0.598. The van der Waals surface area contributed by atoms with Gasteiger partial charge in [0, 0.05) is 0 Å². The molecule has 0 spiro atoms. The van der Waals surface area contributed by atoms with Crippen LogP contribution in [0.3, 0.4) is 0 Å². The molecule has 0 aromatic heterocycles. The number of carbonyl (C=O) groups excluding carboxylic acids is 1. The Kier molecular flexibility index (Phi) is 4.42. The number of rotatable bonds is 5. The van der Waals surface area contributed by atoms with Crippen molar-refractivity contribution in [2.45, 2.75) is 13.0 Å². The van der Waals surface area contributed by atoms with Gasteiger partial charge >= 0.3 is 13.8 Å². The molecule has 1 atom stereocenters. The van der Waals surface area contributed by atoms with E-state index in [-0.39, 0.29) is 26.4 Å². The first-order valence-electron chi connectivity index (χ1n) is 7.02. The number of benzene rings is 1. The first-order valence-corrected chi connectivity index (χ1v) is 8.48. The van der Waals surface area contributed by atoms with Crippen LogP contribution >= 0.6 is 7.82 Å². The van der Waals surface area contributed by atoms with Crippen LogP contribution in [0.1, 0.15) is 6.92 Å². The summed E-state index contributed by atoms with van der Waals surface area (Å²) in [7, 11) is -3.38. The molecule has 23 heavy (non-hydrogen) atoms. The molecule has 1 aromatic carbocycles. The molecule has 4 rings (SSSR count). The van der Waals surface area contributed by atoms with Gasteiger partial charge in [0.2, 0.25) is 0 Å². The van der Waals surface area contributed by atoms with Crippen LogP contribution in [0.25, 0.3) is 0 Å². The van der Waals surface area contributed by atoms with E-state index in [9.17, 15) is 13.8 Å². The molecule has 0 radical (unpaired) electrons. The highest BCUT2D eigenvalue weighted by Gasteiger charge is 2.51.